The van der Waals surface area contributed by atoms with Gasteiger partial charge in [-0.15, -0.1) is 11.3 Å². The molecule has 1 saturated heterocycles. The van der Waals surface area contributed by atoms with Crippen LogP contribution in [0.25, 0.3) is 21.6 Å². The van der Waals surface area contributed by atoms with Crippen LogP contribution < -0.4 is 5.32 Å². The molecule has 4 rings (SSSR count). The average Bonchev–Trinajstić information content (AvgIpc) is 3.37. The number of aryl methyl sites for hydroxylation is 1. The zero-order valence-electron chi connectivity index (χ0n) is 18.5. The second kappa shape index (κ2) is 8.78. The van der Waals surface area contributed by atoms with Crippen LogP contribution in [0.3, 0.4) is 0 Å². The first-order valence-corrected chi connectivity index (χ1v) is 11.6. The Morgan fingerprint density at radius 3 is 2.61 bits per heavy atom. The number of hydrogen-bond acceptors (Lipinski definition) is 5. The van der Waals surface area contributed by atoms with Crippen molar-refractivity contribution in [2.75, 3.05) is 19.6 Å². The Morgan fingerprint density at radius 1 is 1.26 bits per heavy atom. The molecule has 1 aliphatic rings. The fourth-order valence-corrected chi connectivity index (χ4v) is 4.90. The number of carbonyl (C=O) groups is 2. The number of amides is 2. The van der Waals surface area contributed by atoms with Crippen molar-refractivity contribution in [1.82, 2.24) is 25.0 Å². The summed E-state index contributed by atoms with van der Waals surface area (Å²) >= 11 is 1.68. The Morgan fingerprint density at radius 2 is 2.00 bits per heavy atom. The predicted octanol–water partition coefficient (Wildman–Crippen LogP) is 4.04. The number of likely N-dealkylation sites (tertiary alicyclic amines) is 1. The van der Waals surface area contributed by atoms with Gasteiger partial charge in [-0.25, -0.2) is 9.67 Å². The Balaban J connectivity index is 1.65. The third-order valence-corrected chi connectivity index (χ3v) is 6.84. The number of hydrogen-bond donors (Lipinski definition) is 1. The molecule has 0 aliphatic carbocycles. The van der Waals surface area contributed by atoms with Crippen molar-refractivity contribution >= 4 is 34.2 Å². The molecule has 3 aromatic heterocycles. The summed E-state index contributed by atoms with van der Waals surface area (Å²) in [5, 5.41) is 8.22. The van der Waals surface area contributed by atoms with Crippen LogP contribution in [0.5, 0.6) is 0 Å². The van der Waals surface area contributed by atoms with Crippen LogP contribution in [0.4, 0.5) is 0 Å². The van der Waals surface area contributed by atoms with Crippen LogP contribution in [0.2, 0.25) is 0 Å². The van der Waals surface area contributed by atoms with E-state index in [4.69, 9.17) is 4.98 Å². The molecule has 0 saturated carbocycles. The minimum Gasteiger partial charge on any atom is -0.356 e. The van der Waals surface area contributed by atoms with Crippen molar-refractivity contribution in [3.8, 4) is 10.6 Å². The van der Waals surface area contributed by atoms with Crippen molar-refractivity contribution in [2.24, 2.45) is 5.92 Å². The molecular weight excluding hydrogens is 410 g/mol. The highest BCUT2D eigenvalue weighted by Gasteiger charge is 2.27. The van der Waals surface area contributed by atoms with Crippen molar-refractivity contribution in [1.29, 1.82) is 0 Å². The third kappa shape index (κ3) is 4.49. The second-order valence-corrected chi connectivity index (χ2v) is 9.85. The zero-order valence-corrected chi connectivity index (χ0v) is 19.3. The van der Waals surface area contributed by atoms with E-state index in [1.165, 1.54) is 11.8 Å². The molecule has 4 heterocycles. The lowest BCUT2D eigenvalue weighted by atomic mass is 9.96. The summed E-state index contributed by atoms with van der Waals surface area (Å²) in [6.07, 6.45) is 3.55. The average molecular weight is 440 g/mol. The molecule has 1 aliphatic heterocycles. The van der Waals surface area contributed by atoms with E-state index >= 15 is 0 Å². The van der Waals surface area contributed by atoms with E-state index in [0.717, 1.165) is 34.4 Å². The maximum atomic E-state index is 13.5. The number of aromatic nitrogens is 3. The first kappa shape index (κ1) is 21.5. The molecule has 0 aromatic carbocycles. The maximum absolute atomic E-state index is 13.5. The van der Waals surface area contributed by atoms with E-state index in [2.05, 4.69) is 43.3 Å². The fraction of sp³-hybridized carbons (Fsp3) is 0.478. The van der Waals surface area contributed by atoms with E-state index in [1.54, 1.807) is 17.5 Å². The quantitative estimate of drug-likeness (QED) is 0.651. The van der Waals surface area contributed by atoms with Crippen LogP contribution in [-0.4, -0.2) is 51.1 Å². The highest BCUT2D eigenvalue weighted by atomic mass is 32.1. The first-order valence-electron chi connectivity index (χ1n) is 10.8. The Bertz CT molecular complexity index is 1110. The van der Waals surface area contributed by atoms with Gasteiger partial charge in [0.05, 0.1) is 27.7 Å². The lowest BCUT2D eigenvalue weighted by molar-refractivity contribution is -0.119. The number of pyridine rings is 1. The van der Waals surface area contributed by atoms with Crippen LogP contribution in [0.1, 0.15) is 54.9 Å². The van der Waals surface area contributed by atoms with Gasteiger partial charge in [0.25, 0.3) is 5.91 Å². The van der Waals surface area contributed by atoms with Crippen molar-refractivity contribution in [3.05, 3.63) is 34.8 Å². The van der Waals surface area contributed by atoms with Gasteiger partial charge in [0.15, 0.2) is 5.65 Å². The molecule has 1 fully saturated rings. The number of nitrogens with one attached hydrogen (secondary N) is 1. The molecule has 164 valence electrons. The molecule has 3 aromatic rings. The smallest absolute Gasteiger partial charge is 0.254 e. The number of piperidine rings is 1. The monoisotopic (exact) mass is 439 g/mol. The largest absolute Gasteiger partial charge is 0.356 e. The maximum Gasteiger partial charge on any atom is 0.254 e. The standard InChI is InChI=1S/C23H29N5O2S/c1-14(2)28-22-19(13-25-28)18(11-20(26-22)21-6-5-15(3)31-21)23(30)27-9-7-17(8-10-27)12-24-16(4)29/h5-6,11,13-14,17H,7-10,12H2,1-4H3,(H,24,29). The Kier molecular flexibility index (Phi) is 6.09. The Labute approximate surface area is 186 Å². The van der Waals surface area contributed by atoms with Crippen molar-refractivity contribution < 1.29 is 9.59 Å². The molecule has 1 N–H and O–H groups in total. The van der Waals surface area contributed by atoms with Gasteiger partial charge < -0.3 is 10.2 Å². The van der Waals surface area contributed by atoms with Crippen LogP contribution >= 0.6 is 11.3 Å². The molecule has 0 unspecified atom stereocenters. The second-order valence-electron chi connectivity index (χ2n) is 8.56. The molecule has 0 bridgehead atoms. The number of carbonyl (C=O) groups excluding carboxylic acids is 2. The summed E-state index contributed by atoms with van der Waals surface area (Å²) in [7, 11) is 0. The van der Waals surface area contributed by atoms with E-state index in [-0.39, 0.29) is 17.9 Å². The molecular formula is C23H29N5O2S. The third-order valence-electron chi connectivity index (χ3n) is 5.82. The SMILES string of the molecule is CC(=O)NCC1CCN(C(=O)c2cc(-c3ccc(C)s3)nc3c2cnn3C(C)C)CC1. The first-order chi connectivity index (χ1) is 14.8. The molecule has 7 nitrogen and oxygen atoms in total. The summed E-state index contributed by atoms with van der Waals surface area (Å²) in [6.45, 7) is 9.81. The fourth-order valence-electron chi connectivity index (χ4n) is 4.07. The van der Waals surface area contributed by atoms with E-state index < -0.39 is 0 Å². The van der Waals surface area contributed by atoms with Crippen molar-refractivity contribution in [3.63, 3.8) is 0 Å². The van der Waals surface area contributed by atoms with E-state index in [0.29, 0.717) is 31.1 Å². The summed E-state index contributed by atoms with van der Waals surface area (Å²) in [5.41, 5.74) is 2.23. The molecule has 0 radical (unpaired) electrons. The van der Waals surface area contributed by atoms with Crippen molar-refractivity contribution in [2.45, 2.75) is 46.6 Å². The van der Waals surface area contributed by atoms with Gasteiger partial charge in [-0.2, -0.15) is 5.10 Å². The number of rotatable bonds is 5. The molecule has 0 atom stereocenters. The minimum atomic E-state index is -0.00353. The molecule has 31 heavy (non-hydrogen) atoms. The van der Waals surface area contributed by atoms with Crippen LogP contribution in [0, 0.1) is 12.8 Å². The van der Waals surface area contributed by atoms with Crippen LogP contribution in [0.15, 0.2) is 24.4 Å². The lowest BCUT2D eigenvalue weighted by Gasteiger charge is -2.32. The van der Waals surface area contributed by atoms with Gasteiger partial charge in [0, 0.05) is 37.5 Å². The summed E-state index contributed by atoms with van der Waals surface area (Å²) < 4.78 is 1.88. The van der Waals surface area contributed by atoms with Gasteiger partial charge >= 0.3 is 0 Å². The summed E-state index contributed by atoms with van der Waals surface area (Å²) in [6, 6.07) is 6.21. The predicted molar refractivity (Wildman–Crippen MR) is 123 cm³/mol. The Hall–Kier alpha value is -2.74. The molecule has 2 amide bonds. The van der Waals surface area contributed by atoms with Gasteiger partial charge in [0.1, 0.15) is 0 Å². The number of thiophene rings is 1. The number of nitrogens with zero attached hydrogens (tertiary/aromatic N) is 4. The molecule has 0 spiro atoms. The topological polar surface area (TPSA) is 80.1 Å². The minimum absolute atomic E-state index is 0.00353. The van der Waals surface area contributed by atoms with E-state index in [9.17, 15) is 9.59 Å². The molecule has 8 heteroatoms. The normalized spacial score (nSPS) is 15.1. The lowest BCUT2D eigenvalue weighted by Crippen LogP contribution is -2.41. The van der Waals surface area contributed by atoms with Gasteiger partial charge in [-0.1, -0.05) is 0 Å². The van der Waals surface area contributed by atoms with Gasteiger partial charge in [-0.05, 0) is 57.7 Å². The zero-order chi connectivity index (χ0) is 22.1. The summed E-state index contributed by atoms with van der Waals surface area (Å²) in [4.78, 5) is 33.8. The van der Waals surface area contributed by atoms with Gasteiger partial charge in [0.2, 0.25) is 5.91 Å². The highest BCUT2D eigenvalue weighted by Crippen LogP contribution is 2.31. The van der Waals surface area contributed by atoms with Gasteiger partial charge in [-0.3, -0.25) is 9.59 Å². The summed E-state index contributed by atoms with van der Waals surface area (Å²) in [5.74, 6) is 0.443. The highest BCUT2D eigenvalue weighted by molar-refractivity contribution is 7.15. The number of fused-ring (bicyclic) bond motifs is 1. The van der Waals surface area contributed by atoms with Crippen LogP contribution in [-0.2, 0) is 4.79 Å². The van der Waals surface area contributed by atoms with E-state index in [1.807, 2.05) is 15.6 Å².